The predicted octanol–water partition coefficient (Wildman–Crippen LogP) is 3.25. The highest BCUT2D eigenvalue weighted by atomic mass is 79.9. The molecule has 2 aromatic carbocycles. The van der Waals surface area contributed by atoms with Crippen molar-refractivity contribution in [3.63, 3.8) is 0 Å². The van der Waals surface area contributed by atoms with E-state index in [0.717, 1.165) is 16.2 Å². The quantitative estimate of drug-likeness (QED) is 0.768. The topological polar surface area (TPSA) is 72.0 Å². The molecule has 3 rings (SSSR count). The zero-order valence-corrected chi connectivity index (χ0v) is 13.2. The van der Waals surface area contributed by atoms with E-state index in [4.69, 9.17) is 0 Å². The summed E-state index contributed by atoms with van der Waals surface area (Å²) < 4.78 is 36.3. The number of fused-ring (bicyclic) bond motifs is 1. The molecule has 20 heavy (non-hydrogen) atoms. The van der Waals surface area contributed by atoms with Gasteiger partial charge >= 0.3 is 0 Å². The molecule has 0 aliphatic carbocycles. The predicted molar refractivity (Wildman–Crippen MR) is 82.4 cm³/mol. The first-order valence-corrected chi connectivity index (χ1v) is 8.56. The standard InChI is InChI=1S/C12H8BrN3O2S2/c13-8-4-6-9(7-5-8)16-20(17,18)11-3-1-2-10-12(11)15-19-14-10/h1-7,16H. The molecule has 5 nitrogen and oxygen atoms in total. The van der Waals surface area contributed by atoms with E-state index < -0.39 is 10.0 Å². The van der Waals surface area contributed by atoms with Gasteiger partial charge in [0, 0.05) is 10.2 Å². The van der Waals surface area contributed by atoms with Gasteiger partial charge in [-0.15, -0.1) is 0 Å². The number of halogens is 1. The van der Waals surface area contributed by atoms with E-state index in [9.17, 15) is 8.42 Å². The van der Waals surface area contributed by atoms with Crippen molar-refractivity contribution in [3.8, 4) is 0 Å². The van der Waals surface area contributed by atoms with E-state index in [-0.39, 0.29) is 4.90 Å². The van der Waals surface area contributed by atoms with E-state index >= 15 is 0 Å². The normalized spacial score (nSPS) is 11.7. The highest BCUT2D eigenvalue weighted by Crippen LogP contribution is 2.24. The molecular weight excluding hydrogens is 362 g/mol. The van der Waals surface area contributed by atoms with Gasteiger partial charge in [0.25, 0.3) is 10.0 Å². The highest BCUT2D eigenvalue weighted by molar-refractivity contribution is 9.10. The Morgan fingerprint density at radius 3 is 2.55 bits per heavy atom. The summed E-state index contributed by atoms with van der Waals surface area (Å²) in [6, 6.07) is 11.8. The van der Waals surface area contributed by atoms with Crippen LogP contribution in [0.2, 0.25) is 0 Å². The average molecular weight is 370 g/mol. The van der Waals surface area contributed by atoms with Gasteiger partial charge in [-0.05, 0) is 36.4 Å². The molecule has 0 spiro atoms. The van der Waals surface area contributed by atoms with Crippen LogP contribution < -0.4 is 4.72 Å². The van der Waals surface area contributed by atoms with Crippen LogP contribution in [-0.4, -0.2) is 17.2 Å². The average Bonchev–Trinajstić information content (AvgIpc) is 2.89. The summed E-state index contributed by atoms with van der Waals surface area (Å²) in [6.45, 7) is 0. The fraction of sp³-hybridized carbons (Fsp3) is 0. The number of benzene rings is 2. The van der Waals surface area contributed by atoms with Crippen molar-refractivity contribution in [2.24, 2.45) is 0 Å². The van der Waals surface area contributed by atoms with Crippen LogP contribution in [0.25, 0.3) is 11.0 Å². The largest absolute Gasteiger partial charge is 0.280 e. The summed E-state index contributed by atoms with van der Waals surface area (Å²) in [5.74, 6) is 0. The summed E-state index contributed by atoms with van der Waals surface area (Å²) in [7, 11) is -3.68. The molecule has 102 valence electrons. The van der Waals surface area contributed by atoms with E-state index in [1.165, 1.54) is 6.07 Å². The minimum absolute atomic E-state index is 0.131. The van der Waals surface area contributed by atoms with Crippen molar-refractivity contribution < 1.29 is 8.42 Å². The van der Waals surface area contributed by atoms with E-state index in [1.807, 2.05) is 0 Å². The van der Waals surface area contributed by atoms with Crippen LogP contribution >= 0.6 is 27.7 Å². The first-order chi connectivity index (χ1) is 9.56. The lowest BCUT2D eigenvalue weighted by Gasteiger charge is -2.08. The van der Waals surface area contributed by atoms with E-state index in [1.54, 1.807) is 36.4 Å². The molecule has 0 saturated carbocycles. The lowest BCUT2D eigenvalue weighted by Crippen LogP contribution is -2.13. The van der Waals surface area contributed by atoms with E-state index in [0.29, 0.717) is 16.7 Å². The van der Waals surface area contributed by atoms with Crippen LogP contribution in [0.1, 0.15) is 0 Å². The number of rotatable bonds is 3. The van der Waals surface area contributed by atoms with Crippen molar-refractivity contribution in [2.45, 2.75) is 4.90 Å². The van der Waals surface area contributed by atoms with Crippen molar-refractivity contribution in [3.05, 3.63) is 46.9 Å². The molecule has 0 unspecified atom stereocenters. The van der Waals surface area contributed by atoms with Crippen molar-refractivity contribution >= 4 is 54.4 Å². The van der Waals surface area contributed by atoms with Gasteiger partial charge < -0.3 is 0 Å². The summed E-state index contributed by atoms with van der Waals surface area (Å²) in [5, 5.41) is 0. The lowest BCUT2D eigenvalue weighted by atomic mass is 10.3. The number of aromatic nitrogens is 2. The fourth-order valence-electron chi connectivity index (χ4n) is 1.73. The minimum Gasteiger partial charge on any atom is -0.280 e. The van der Waals surface area contributed by atoms with Crippen LogP contribution in [0.15, 0.2) is 51.8 Å². The Bertz CT molecular complexity index is 860. The molecule has 0 atom stereocenters. The lowest BCUT2D eigenvalue weighted by molar-refractivity contribution is 0.602. The van der Waals surface area contributed by atoms with Crippen LogP contribution in [0, 0.1) is 0 Å². The van der Waals surface area contributed by atoms with Crippen LogP contribution in [0.3, 0.4) is 0 Å². The second-order valence-electron chi connectivity index (χ2n) is 4.00. The van der Waals surface area contributed by atoms with Gasteiger partial charge in [0.15, 0.2) is 0 Å². The van der Waals surface area contributed by atoms with Crippen molar-refractivity contribution in [2.75, 3.05) is 4.72 Å². The van der Waals surface area contributed by atoms with Gasteiger partial charge in [0.2, 0.25) is 0 Å². The minimum atomic E-state index is -3.68. The Morgan fingerprint density at radius 1 is 1.05 bits per heavy atom. The maximum Gasteiger partial charge on any atom is 0.264 e. The molecule has 3 aromatic rings. The number of hydrogen-bond acceptors (Lipinski definition) is 5. The molecule has 0 saturated heterocycles. The Hall–Kier alpha value is -1.51. The molecule has 0 radical (unpaired) electrons. The Morgan fingerprint density at radius 2 is 1.80 bits per heavy atom. The zero-order chi connectivity index (χ0) is 14.2. The number of anilines is 1. The molecule has 1 aromatic heterocycles. The fourth-order valence-corrected chi connectivity index (χ4v) is 3.82. The van der Waals surface area contributed by atoms with Crippen LogP contribution in [-0.2, 0) is 10.0 Å². The molecule has 0 amide bonds. The Balaban J connectivity index is 2.03. The number of hydrogen-bond donors (Lipinski definition) is 1. The molecule has 8 heteroatoms. The SMILES string of the molecule is O=S(=O)(Nc1ccc(Br)cc1)c1cccc2nsnc12. The first-order valence-electron chi connectivity index (χ1n) is 5.56. The maximum absolute atomic E-state index is 12.4. The second kappa shape index (κ2) is 5.12. The third kappa shape index (κ3) is 2.54. The summed E-state index contributed by atoms with van der Waals surface area (Å²) in [6.07, 6.45) is 0. The van der Waals surface area contributed by atoms with Crippen LogP contribution in [0.5, 0.6) is 0 Å². The second-order valence-corrected chi connectivity index (χ2v) is 7.10. The van der Waals surface area contributed by atoms with Gasteiger partial charge in [0.05, 0.1) is 11.7 Å². The van der Waals surface area contributed by atoms with Crippen LogP contribution in [0.4, 0.5) is 5.69 Å². The smallest absolute Gasteiger partial charge is 0.264 e. The number of nitrogens with one attached hydrogen (secondary N) is 1. The monoisotopic (exact) mass is 369 g/mol. The summed E-state index contributed by atoms with van der Waals surface area (Å²) in [4.78, 5) is 0.131. The Labute approximate surface area is 128 Å². The van der Waals surface area contributed by atoms with Gasteiger partial charge in [-0.1, -0.05) is 22.0 Å². The van der Waals surface area contributed by atoms with Gasteiger partial charge in [-0.25, -0.2) is 8.42 Å². The summed E-state index contributed by atoms with van der Waals surface area (Å²) >= 11 is 4.30. The Kier molecular flexibility index (Phi) is 3.45. The maximum atomic E-state index is 12.4. The van der Waals surface area contributed by atoms with Crippen molar-refractivity contribution in [1.82, 2.24) is 8.75 Å². The molecule has 0 fully saturated rings. The zero-order valence-electron chi connectivity index (χ0n) is 9.95. The molecule has 0 aliphatic heterocycles. The summed E-state index contributed by atoms with van der Waals surface area (Å²) in [5.41, 5.74) is 1.46. The molecular formula is C12H8BrN3O2S2. The van der Waals surface area contributed by atoms with Crippen molar-refractivity contribution in [1.29, 1.82) is 0 Å². The molecule has 1 N–H and O–H groups in total. The van der Waals surface area contributed by atoms with Gasteiger partial charge in [0.1, 0.15) is 15.9 Å². The highest BCUT2D eigenvalue weighted by Gasteiger charge is 2.19. The van der Waals surface area contributed by atoms with Gasteiger partial charge in [-0.3, -0.25) is 4.72 Å². The molecule has 1 heterocycles. The number of nitrogens with zero attached hydrogens (tertiary/aromatic N) is 2. The third-order valence-corrected chi connectivity index (χ3v) is 5.12. The molecule has 0 bridgehead atoms. The third-order valence-electron chi connectivity index (χ3n) is 2.63. The van der Waals surface area contributed by atoms with Gasteiger partial charge in [-0.2, -0.15) is 8.75 Å². The number of sulfonamides is 1. The first kappa shape index (κ1) is 13.5. The van der Waals surface area contributed by atoms with E-state index in [2.05, 4.69) is 29.4 Å². The molecule has 0 aliphatic rings.